The Morgan fingerprint density at radius 2 is 1.59 bits per heavy atom. The Bertz CT molecular complexity index is 2420. The lowest BCUT2D eigenvalue weighted by Gasteiger charge is -2.60. The zero-order valence-electron chi connectivity index (χ0n) is 45.0. The van der Waals surface area contributed by atoms with Crippen molar-refractivity contribution in [1.29, 1.82) is 0 Å². The number of aliphatic hydroxyl groups is 2. The van der Waals surface area contributed by atoms with Gasteiger partial charge in [0, 0.05) is 44.1 Å². The highest BCUT2D eigenvalue weighted by Gasteiger charge is 2.66. The van der Waals surface area contributed by atoms with Gasteiger partial charge in [-0.05, 0) is 116 Å². The molecule has 0 spiro atoms. The minimum Gasteiger partial charge on any atom is -0.496 e. The number of rotatable bonds is 31. The van der Waals surface area contributed by atoms with E-state index in [0.717, 1.165) is 87.2 Å². The number of amides is 1. The van der Waals surface area contributed by atoms with Gasteiger partial charge in [-0.1, -0.05) is 101 Å². The van der Waals surface area contributed by atoms with Crippen LogP contribution >= 0.6 is 0 Å². The van der Waals surface area contributed by atoms with Crippen LogP contribution in [-0.2, 0) is 25.6 Å². The summed E-state index contributed by atoms with van der Waals surface area (Å²) in [5.41, 5.74) is 3.60. The first-order chi connectivity index (χ1) is 37.3. The summed E-state index contributed by atoms with van der Waals surface area (Å²) in [5, 5.41) is 25.3. The molecule has 7 atom stereocenters. The van der Waals surface area contributed by atoms with Crippen molar-refractivity contribution in [2.24, 2.45) is 22.9 Å². The molecule has 2 N–H and O–H groups in total. The second-order valence-corrected chi connectivity index (χ2v) is 20.9. The number of aldehydes is 1. The number of carbonyl (C=O) groups excluding carboxylic acids is 2. The highest BCUT2D eigenvalue weighted by Crippen LogP contribution is 2.62. The van der Waals surface area contributed by atoms with Crippen molar-refractivity contribution in [2.75, 3.05) is 46.9 Å². The lowest BCUT2D eigenvalue weighted by atomic mass is 9.55. The molecular formula is C61H82N2O13. The molecule has 414 valence electrons. The van der Waals surface area contributed by atoms with Crippen LogP contribution in [0.4, 0.5) is 4.79 Å². The number of oxime groups is 1. The van der Waals surface area contributed by atoms with Gasteiger partial charge in [0.2, 0.25) is 18.9 Å². The first kappa shape index (κ1) is 56.6. The van der Waals surface area contributed by atoms with E-state index in [-0.39, 0.29) is 63.9 Å². The van der Waals surface area contributed by atoms with E-state index < -0.39 is 30.1 Å². The summed E-state index contributed by atoms with van der Waals surface area (Å²) in [6, 6.07) is 15.8. The van der Waals surface area contributed by atoms with Crippen LogP contribution in [0.15, 0.2) is 84.1 Å². The van der Waals surface area contributed by atoms with Crippen molar-refractivity contribution >= 4 is 18.1 Å². The first-order valence-electron chi connectivity index (χ1n) is 28.3. The molecular weight excluding hydrogens is 969 g/mol. The van der Waals surface area contributed by atoms with Crippen LogP contribution < -0.4 is 23.7 Å². The minimum absolute atomic E-state index is 0.00861. The highest BCUT2D eigenvalue weighted by atomic mass is 16.8. The molecule has 1 saturated carbocycles. The quantitative estimate of drug-likeness (QED) is 0.0270. The maximum atomic E-state index is 15.3. The molecule has 3 aromatic rings. The third kappa shape index (κ3) is 13.9. The number of fused-ring (bicyclic) bond motifs is 3. The van der Waals surface area contributed by atoms with Gasteiger partial charge in [-0.2, -0.15) is 0 Å². The topological polar surface area (TPSA) is 173 Å². The van der Waals surface area contributed by atoms with E-state index in [2.05, 4.69) is 19.6 Å². The van der Waals surface area contributed by atoms with Gasteiger partial charge in [-0.3, -0.25) is 9.69 Å². The first-order valence-corrected chi connectivity index (χ1v) is 28.3. The van der Waals surface area contributed by atoms with Crippen molar-refractivity contribution in [2.45, 2.75) is 166 Å². The second-order valence-electron chi connectivity index (χ2n) is 20.9. The number of benzene rings is 3. The average molecular weight is 1050 g/mol. The Labute approximate surface area is 449 Å². The van der Waals surface area contributed by atoms with Gasteiger partial charge in [0.25, 0.3) is 0 Å². The van der Waals surface area contributed by atoms with Crippen molar-refractivity contribution in [3.8, 4) is 34.5 Å². The largest absolute Gasteiger partial charge is 0.496 e. The van der Waals surface area contributed by atoms with E-state index in [9.17, 15) is 15.0 Å². The van der Waals surface area contributed by atoms with E-state index in [1.54, 1.807) is 29.2 Å². The summed E-state index contributed by atoms with van der Waals surface area (Å²) in [6.07, 6.45) is 22.4. The van der Waals surface area contributed by atoms with Gasteiger partial charge in [-0.25, -0.2) is 4.79 Å². The monoisotopic (exact) mass is 1050 g/mol. The van der Waals surface area contributed by atoms with Crippen molar-refractivity contribution in [3.63, 3.8) is 0 Å². The third-order valence-corrected chi connectivity index (χ3v) is 15.8. The number of nitrogens with zero attached hydrogens (tertiary/aromatic N) is 2. The Kier molecular flexibility index (Phi) is 21.4. The summed E-state index contributed by atoms with van der Waals surface area (Å²) >= 11 is 0. The molecule has 1 saturated heterocycles. The van der Waals surface area contributed by atoms with E-state index >= 15 is 4.79 Å². The summed E-state index contributed by atoms with van der Waals surface area (Å²) in [5.74, 6) is 0.779. The Balaban J connectivity index is 1.24. The lowest BCUT2D eigenvalue weighted by molar-refractivity contribution is -0.256. The highest BCUT2D eigenvalue weighted by molar-refractivity contribution is 6.03. The molecule has 8 rings (SSSR count). The number of unbranched alkanes of at least 4 members (excludes halogenated alkanes) is 11. The number of hydrogen-bond acceptors (Lipinski definition) is 14. The molecule has 76 heavy (non-hydrogen) atoms. The van der Waals surface area contributed by atoms with Crippen molar-refractivity contribution in [3.05, 3.63) is 95.6 Å². The summed E-state index contributed by atoms with van der Waals surface area (Å²) in [4.78, 5) is 35.5. The molecule has 2 aliphatic carbocycles. The molecule has 2 fully saturated rings. The van der Waals surface area contributed by atoms with Gasteiger partial charge in [0.05, 0.1) is 44.1 Å². The predicted octanol–water partition coefficient (Wildman–Crippen LogP) is 12.7. The molecule has 3 aromatic carbocycles. The molecule has 3 aliphatic heterocycles. The predicted molar refractivity (Wildman–Crippen MR) is 289 cm³/mol. The van der Waals surface area contributed by atoms with Gasteiger partial charge >= 0.3 is 6.09 Å². The number of methoxy groups -OCH3 is 1. The van der Waals surface area contributed by atoms with Gasteiger partial charge in [-0.15, -0.1) is 6.58 Å². The zero-order chi connectivity index (χ0) is 53.1. The smallest absolute Gasteiger partial charge is 0.410 e. The Morgan fingerprint density at radius 1 is 0.855 bits per heavy atom. The van der Waals surface area contributed by atoms with Crippen LogP contribution in [0.1, 0.15) is 163 Å². The van der Waals surface area contributed by atoms with E-state index in [0.29, 0.717) is 71.6 Å². The number of aliphatic hydroxyl groups excluding tert-OH is 2. The molecule has 3 heterocycles. The number of ether oxygens (including phenoxy) is 8. The summed E-state index contributed by atoms with van der Waals surface area (Å²) in [7, 11) is 1.52. The van der Waals surface area contributed by atoms with Crippen LogP contribution in [0, 0.1) is 17.8 Å². The van der Waals surface area contributed by atoms with E-state index in [1.807, 2.05) is 36.4 Å². The lowest BCUT2D eigenvalue weighted by Crippen LogP contribution is -2.70. The number of hydrogen-bond donors (Lipinski definition) is 2. The van der Waals surface area contributed by atoms with Crippen LogP contribution in [0.3, 0.4) is 0 Å². The van der Waals surface area contributed by atoms with Gasteiger partial charge < -0.3 is 52.9 Å². The standard InChI is InChI=1S/C61H82N2O13/c1-4-6-7-8-9-10-11-12-13-19-34-70-60(67)63(40-43-24-27-54-55(35-43)72-42-71-54)56-39-51(62-76-57-23-16-20-33-69-57)49-37-44(21-14-17-30-64)48(22-15-18-31-65)58-50-38-47(74-46-25-28-52(68-3)45(36-46)41-66)26-29-53(50)75-61(56,59(49)58)73-32-5-2/h5,24-29,35-38,41,44,48,56-59,64-65H,2,4,6-23,30-34,39-40,42H2,1,3H3/t44-,48+,56-,57?,58+,59+,61+/m0/s1. The van der Waals surface area contributed by atoms with Crippen LogP contribution in [0.2, 0.25) is 0 Å². The fourth-order valence-corrected chi connectivity index (χ4v) is 12.0. The number of carbonyl (C=O) groups is 2. The minimum atomic E-state index is -1.53. The maximum absolute atomic E-state index is 15.3. The Morgan fingerprint density at radius 3 is 2.33 bits per heavy atom. The van der Waals surface area contributed by atoms with Crippen molar-refractivity contribution < 1.29 is 62.5 Å². The molecule has 15 nitrogen and oxygen atoms in total. The molecule has 5 aliphatic rings. The summed E-state index contributed by atoms with van der Waals surface area (Å²) in [6.45, 7) is 7.63. The molecule has 0 radical (unpaired) electrons. The number of allylic oxidation sites excluding steroid dienone is 1. The molecule has 0 bridgehead atoms. The van der Waals surface area contributed by atoms with E-state index in [4.69, 9.17) is 47.9 Å². The van der Waals surface area contributed by atoms with Gasteiger partial charge in [0.1, 0.15) is 29.0 Å². The fraction of sp³-hybridized carbons (Fsp3) is 0.590. The van der Waals surface area contributed by atoms with E-state index in [1.165, 1.54) is 45.6 Å². The van der Waals surface area contributed by atoms with Crippen LogP contribution in [0.5, 0.6) is 34.5 Å². The second kappa shape index (κ2) is 28.7. The summed E-state index contributed by atoms with van der Waals surface area (Å²) < 4.78 is 50.8. The van der Waals surface area contributed by atoms with Gasteiger partial charge in [0.15, 0.2) is 17.8 Å². The maximum Gasteiger partial charge on any atom is 0.410 e. The van der Waals surface area contributed by atoms with Crippen LogP contribution in [0.25, 0.3) is 0 Å². The normalized spacial score (nSPS) is 23.6. The third-order valence-electron chi connectivity index (χ3n) is 15.8. The molecule has 1 unspecified atom stereocenters. The zero-order valence-corrected chi connectivity index (χ0v) is 45.0. The molecule has 1 amide bonds. The molecule has 0 aromatic heterocycles. The van der Waals surface area contributed by atoms with Crippen LogP contribution in [-0.4, -0.2) is 98.3 Å². The average Bonchev–Trinajstić information content (AvgIpc) is 4.01. The molecule has 15 heteroatoms. The van der Waals surface area contributed by atoms with Crippen molar-refractivity contribution in [1.82, 2.24) is 4.90 Å². The SMILES string of the molecule is C=CCO[C@@]12Oc3ccc(Oc4ccc(OC)c(C=O)c4)cc3[C@H]3[C@H](CCCCO)[C@@H](CCCCO)C=C(C(=NOC4CCCCO4)C[C@@H]1N(Cc1ccc4c(c1)OCO4)C(=O)OCCCCCCCCCCCC)[C@H]32. The fourth-order valence-electron chi connectivity index (χ4n) is 12.0. The Hall–Kier alpha value is -5.61.